The first-order chi connectivity index (χ1) is 13.2. The Balaban J connectivity index is 1.70. The maximum absolute atomic E-state index is 5.99. The SMILES string of the molecule is C=CCn1nc(SC2(c3ccccc3)OCCO2)nc1-c1ccc(Br)cc1. The van der Waals surface area contributed by atoms with E-state index in [9.17, 15) is 0 Å². The number of ether oxygens (including phenoxy) is 2. The number of benzene rings is 2. The van der Waals surface area contributed by atoms with Crippen LogP contribution in [-0.4, -0.2) is 28.0 Å². The molecule has 1 saturated heterocycles. The summed E-state index contributed by atoms with van der Waals surface area (Å²) in [5, 5.41) is 4.34. The summed E-state index contributed by atoms with van der Waals surface area (Å²) < 4.78 is 14.8. The summed E-state index contributed by atoms with van der Waals surface area (Å²) in [7, 11) is 0. The lowest BCUT2D eigenvalue weighted by molar-refractivity contribution is -0.0817. The van der Waals surface area contributed by atoms with E-state index in [1.165, 1.54) is 11.8 Å². The molecule has 0 radical (unpaired) electrons. The molecular formula is C20H18BrN3O2S. The Labute approximate surface area is 170 Å². The quantitative estimate of drug-likeness (QED) is 0.509. The fourth-order valence-electron chi connectivity index (χ4n) is 2.87. The van der Waals surface area contributed by atoms with Gasteiger partial charge in [0.1, 0.15) is 0 Å². The summed E-state index contributed by atoms with van der Waals surface area (Å²) in [5.74, 6) is 0.783. The number of allylic oxidation sites excluding steroid dienone is 1. The number of rotatable bonds is 6. The summed E-state index contributed by atoms with van der Waals surface area (Å²) in [6, 6.07) is 17.9. The van der Waals surface area contributed by atoms with Crippen LogP contribution in [0.15, 0.2) is 76.9 Å². The van der Waals surface area contributed by atoms with Crippen molar-refractivity contribution >= 4 is 27.7 Å². The number of halogens is 1. The van der Waals surface area contributed by atoms with E-state index in [2.05, 4.69) is 27.6 Å². The molecule has 1 aromatic heterocycles. The zero-order valence-corrected chi connectivity index (χ0v) is 16.9. The van der Waals surface area contributed by atoms with E-state index in [0.29, 0.717) is 24.9 Å². The van der Waals surface area contributed by atoms with Gasteiger partial charge in [-0.05, 0) is 23.9 Å². The predicted octanol–water partition coefficient (Wildman–Crippen LogP) is 4.84. The third-order valence-electron chi connectivity index (χ3n) is 4.08. The predicted molar refractivity (Wildman–Crippen MR) is 109 cm³/mol. The molecule has 1 fully saturated rings. The van der Waals surface area contributed by atoms with Gasteiger partial charge in [-0.1, -0.05) is 64.5 Å². The normalized spacial score (nSPS) is 15.7. The second kappa shape index (κ2) is 7.98. The highest BCUT2D eigenvalue weighted by Crippen LogP contribution is 2.45. The summed E-state index contributed by atoms with van der Waals surface area (Å²) in [6.07, 6.45) is 1.81. The molecule has 138 valence electrons. The number of nitrogens with zero attached hydrogens (tertiary/aromatic N) is 3. The van der Waals surface area contributed by atoms with E-state index in [1.54, 1.807) is 6.08 Å². The van der Waals surface area contributed by atoms with Crippen molar-refractivity contribution in [1.82, 2.24) is 14.8 Å². The number of hydrogen-bond donors (Lipinski definition) is 0. The first kappa shape index (κ1) is 18.4. The third-order valence-corrected chi connectivity index (χ3v) is 5.70. The Hall–Kier alpha value is -1.93. The molecule has 0 bridgehead atoms. The highest BCUT2D eigenvalue weighted by Gasteiger charge is 2.41. The van der Waals surface area contributed by atoms with Gasteiger partial charge in [-0.3, -0.25) is 0 Å². The molecule has 3 aromatic rings. The van der Waals surface area contributed by atoms with Gasteiger partial charge in [-0.25, -0.2) is 9.67 Å². The molecule has 0 atom stereocenters. The smallest absolute Gasteiger partial charge is 0.253 e. The highest BCUT2D eigenvalue weighted by atomic mass is 79.9. The molecule has 0 aliphatic carbocycles. The van der Waals surface area contributed by atoms with Gasteiger partial charge >= 0.3 is 0 Å². The monoisotopic (exact) mass is 443 g/mol. The van der Waals surface area contributed by atoms with E-state index >= 15 is 0 Å². The molecule has 0 unspecified atom stereocenters. The zero-order valence-electron chi connectivity index (χ0n) is 14.5. The van der Waals surface area contributed by atoms with Gasteiger partial charge in [0.05, 0.1) is 19.8 Å². The van der Waals surface area contributed by atoms with Crippen LogP contribution in [-0.2, 0) is 21.1 Å². The molecule has 0 spiro atoms. The molecule has 4 rings (SSSR count). The van der Waals surface area contributed by atoms with E-state index in [0.717, 1.165) is 21.4 Å². The Morgan fingerprint density at radius 3 is 2.48 bits per heavy atom. The molecule has 5 nitrogen and oxygen atoms in total. The van der Waals surface area contributed by atoms with E-state index in [4.69, 9.17) is 14.5 Å². The molecule has 2 aromatic carbocycles. The topological polar surface area (TPSA) is 49.2 Å². The average molecular weight is 444 g/mol. The van der Waals surface area contributed by atoms with Crippen LogP contribution in [0.25, 0.3) is 11.4 Å². The first-order valence-electron chi connectivity index (χ1n) is 8.54. The maximum atomic E-state index is 5.99. The second-order valence-electron chi connectivity index (χ2n) is 5.92. The van der Waals surface area contributed by atoms with Crippen LogP contribution in [0.5, 0.6) is 0 Å². The molecule has 1 aliphatic heterocycles. The second-order valence-corrected chi connectivity index (χ2v) is 7.94. The maximum Gasteiger partial charge on any atom is 0.253 e. The molecular weight excluding hydrogens is 426 g/mol. The number of aromatic nitrogens is 3. The Bertz CT molecular complexity index is 922. The van der Waals surface area contributed by atoms with Gasteiger partial charge in [0, 0.05) is 15.6 Å². The average Bonchev–Trinajstić information content (AvgIpc) is 3.32. The molecule has 0 saturated carbocycles. The summed E-state index contributed by atoms with van der Waals surface area (Å²) in [6.45, 7) is 5.47. The van der Waals surface area contributed by atoms with Crippen LogP contribution in [0.2, 0.25) is 0 Å². The van der Waals surface area contributed by atoms with Crippen LogP contribution in [0, 0.1) is 0 Å². The number of thioether (sulfide) groups is 1. The van der Waals surface area contributed by atoms with Gasteiger partial charge in [0.15, 0.2) is 5.82 Å². The minimum Gasteiger partial charge on any atom is -0.335 e. The van der Waals surface area contributed by atoms with Crippen molar-refractivity contribution in [1.29, 1.82) is 0 Å². The van der Waals surface area contributed by atoms with E-state index < -0.39 is 5.12 Å². The van der Waals surface area contributed by atoms with Crippen molar-refractivity contribution in [2.24, 2.45) is 0 Å². The fraction of sp³-hybridized carbons (Fsp3) is 0.200. The Kier molecular flexibility index (Phi) is 5.45. The number of hydrogen-bond acceptors (Lipinski definition) is 5. The summed E-state index contributed by atoms with van der Waals surface area (Å²) >= 11 is 4.85. The highest BCUT2D eigenvalue weighted by molar-refractivity contribution is 9.10. The van der Waals surface area contributed by atoms with Gasteiger partial charge in [-0.2, -0.15) is 0 Å². The lowest BCUT2D eigenvalue weighted by Crippen LogP contribution is -2.22. The van der Waals surface area contributed by atoms with Crippen molar-refractivity contribution in [3.8, 4) is 11.4 Å². The molecule has 2 heterocycles. The lowest BCUT2D eigenvalue weighted by Gasteiger charge is -2.25. The van der Waals surface area contributed by atoms with Crippen molar-refractivity contribution in [3.05, 3.63) is 77.3 Å². The van der Waals surface area contributed by atoms with Crippen LogP contribution in [0.4, 0.5) is 0 Å². The van der Waals surface area contributed by atoms with Gasteiger partial charge in [0.25, 0.3) is 5.12 Å². The van der Waals surface area contributed by atoms with Crippen LogP contribution >= 0.6 is 27.7 Å². The van der Waals surface area contributed by atoms with E-state index in [-0.39, 0.29) is 0 Å². The Morgan fingerprint density at radius 2 is 1.81 bits per heavy atom. The zero-order chi connectivity index (χ0) is 18.7. The largest absolute Gasteiger partial charge is 0.335 e. The third kappa shape index (κ3) is 3.87. The molecule has 7 heteroatoms. The van der Waals surface area contributed by atoms with Crippen molar-refractivity contribution in [2.75, 3.05) is 13.2 Å². The molecule has 0 amide bonds. The van der Waals surface area contributed by atoms with Crippen molar-refractivity contribution < 1.29 is 9.47 Å². The standard InChI is InChI=1S/C20H18BrN3O2S/c1-2-12-24-18(15-8-10-17(21)11-9-15)22-19(23-24)27-20(25-13-14-26-20)16-6-4-3-5-7-16/h2-11H,1,12-14H2. The first-order valence-corrected chi connectivity index (χ1v) is 10.2. The fourth-order valence-corrected chi connectivity index (χ4v) is 4.18. The van der Waals surface area contributed by atoms with Crippen LogP contribution in [0.3, 0.4) is 0 Å². The molecule has 0 N–H and O–H groups in total. The summed E-state index contributed by atoms with van der Waals surface area (Å²) in [5.41, 5.74) is 1.93. The molecule has 1 aliphatic rings. The van der Waals surface area contributed by atoms with Crippen LogP contribution in [0.1, 0.15) is 5.56 Å². The van der Waals surface area contributed by atoms with Crippen molar-refractivity contribution in [3.63, 3.8) is 0 Å². The molecule has 27 heavy (non-hydrogen) atoms. The van der Waals surface area contributed by atoms with E-state index in [1.807, 2.05) is 59.3 Å². The Morgan fingerprint density at radius 1 is 1.11 bits per heavy atom. The lowest BCUT2D eigenvalue weighted by atomic mass is 10.2. The minimum absolute atomic E-state index is 0.537. The minimum atomic E-state index is -0.918. The van der Waals surface area contributed by atoms with Gasteiger partial charge in [0.2, 0.25) is 5.16 Å². The van der Waals surface area contributed by atoms with Crippen LogP contribution < -0.4 is 0 Å². The summed E-state index contributed by atoms with van der Waals surface area (Å²) in [4.78, 5) is 4.75. The van der Waals surface area contributed by atoms with Crippen molar-refractivity contribution in [2.45, 2.75) is 16.8 Å². The van der Waals surface area contributed by atoms with Gasteiger partial charge < -0.3 is 9.47 Å². The van der Waals surface area contributed by atoms with Gasteiger partial charge in [-0.15, -0.1) is 11.7 Å².